The van der Waals surface area contributed by atoms with E-state index in [1.165, 1.54) is 23.5 Å². The van der Waals surface area contributed by atoms with E-state index in [1.54, 1.807) is 18.2 Å². The number of nitrogens with one attached hydrogen (secondary N) is 1. The average molecular weight is 385 g/mol. The Bertz CT molecular complexity index is 797. The molecule has 0 spiro atoms. The first kappa shape index (κ1) is 17.4. The zero-order valence-electron chi connectivity index (χ0n) is 13.0. The summed E-state index contributed by atoms with van der Waals surface area (Å²) in [6.45, 7) is 4.00. The molecule has 0 bridgehead atoms. The van der Waals surface area contributed by atoms with Gasteiger partial charge in [-0.2, -0.15) is 0 Å². The van der Waals surface area contributed by atoms with Crippen molar-refractivity contribution >= 4 is 45.6 Å². The van der Waals surface area contributed by atoms with Gasteiger partial charge in [0.2, 0.25) is 5.91 Å². The van der Waals surface area contributed by atoms with E-state index in [0.717, 1.165) is 5.56 Å². The molecule has 2 atom stereocenters. The topological polar surface area (TPSA) is 42.0 Å². The Kier molecular flexibility index (Phi) is 4.69. The van der Waals surface area contributed by atoms with E-state index in [-0.39, 0.29) is 33.5 Å². The fourth-order valence-electron chi connectivity index (χ4n) is 2.89. The van der Waals surface area contributed by atoms with Crippen LogP contribution in [-0.2, 0) is 4.79 Å². The van der Waals surface area contributed by atoms with Gasteiger partial charge in [-0.3, -0.25) is 4.79 Å². The minimum atomic E-state index is -0.296. The molecule has 1 fully saturated rings. The van der Waals surface area contributed by atoms with E-state index >= 15 is 0 Å². The molecule has 0 radical (unpaired) electrons. The molecule has 1 aromatic heterocycles. The zero-order chi connectivity index (χ0) is 17.5. The fourth-order valence-corrected chi connectivity index (χ4v) is 3.89. The molecule has 126 valence electrons. The van der Waals surface area contributed by atoms with Crippen LogP contribution in [-0.4, -0.2) is 10.9 Å². The smallest absolute Gasteiger partial charge is 0.230 e. The number of benzene rings is 1. The van der Waals surface area contributed by atoms with Crippen molar-refractivity contribution in [3.8, 4) is 11.3 Å². The fraction of sp³-hybridized carbons (Fsp3) is 0.294. The molecule has 24 heavy (non-hydrogen) atoms. The first-order valence-electron chi connectivity index (χ1n) is 7.34. The van der Waals surface area contributed by atoms with Gasteiger partial charge in [0, 0.05) is 10.9 Å². The first-order valence-corrected chi connectivity index (χ1v) is 8.98. The van der Waals surface area contributed by atoms with Crippen molar-refractivity contribution in [3.63, 3.8) is 0 Å². The van der Waals surface area contributed by atoms with Crippen molar-refractivity contribution in [2.75, 3.05) is 5.32 Å². The maximum Gasteiger partial charge on any atom is 0.230 e. The minimum absolute atomic E-state index is 0.0130. The van der Waals surface area contributed by atoms with Crippen LogP contribution in [0.15, 0.2) is 40.2 Å². The van der Waals surface area contributed by atoms with Crippen LogP contribution in [0.25, 0.3) is 11.3 Å². The second-order valence-electron chi connectivity index (χ2n) is 6.32. The summed E-state index contributed by atoms with van der Waals surface area (Å²) in [6, 6.07) is 6.07. The Morgan fingerprint density at radius 2 is 2.00 bits per heavy atom. The number of aromatic nitrogens is 1. The average Bonchev–Trinajstić information content (AvgIpc) is 2.84. The Labute approximate surface area is 153 Å². The normalized spacial score (nSPS) is 21.2. The highest BCUT2D eigenvalue weighted by molar-refractivity contribution is 7.14. The summed E-state index contributed by atoms with van der Waals surface area (Å²) in [7, 11) is 0. The van der Waals surface area contributed by atoms with Gasteiger partial charge < -0.3 is 5.32 Å². The van der Waals surface area contributed by atoms with Gasteiger partial charge >= 0.3 is 0 Å². The monoisotopic (exact) mass is 384 g/mol. The van der Waals surface area contributed by atoms with Gasteiger partial charge in [-0.05, 0) is 41.7 Å². The molecule has 0 aliphatic heterocycles. The van der Waals surface area contributed by atoms with Gasteiger partial charge in [0.1, 0.15) is 10.3 Å². The maximum absolute atomic E-state index is 13.0. The lowest BCUT2D eigenvalue weighted by Crippen LogP contribution is -2.16. The molecule has 1 N–H and O–H groups in total. The number of anilines is 1. The second kappa shape index (κ2) is 6.47. The van der Waals surface area contributed by atoms with Crippen LogP contribution in [0.4, 0.5) is 9.52 Å². The molecule has 2 aromatic rings. The summed E-state index contributed by atoms with van der Waals surface area (Å²) in [5.74, 6) is -0.575. The second-order valence-corrected chi connectivity index (χ2v) is 8.18. The lowest BCUT2D eigenvalue weighted by Gasteiger charge is -2.02. The lowest BCUT2D eigenvalue weighted by molar-refractivity contribution is -0.118. The maximum atomic E-state index is 13.0. The summed E-state index contributed by atoms with van der Waals surface area (Å²) in [5.41, 5.74) is 1.32. The minimum Gasteiger partial charge on any atom is -0.302 e. The molecular weight excluding hydrogens is 370 g/mol. The van der Waals surface area contributed by atoms with Gasteiger partial charge in [0.15, 0.2) is 5.13 Å². The third-order valence-corrected chi connectivity index (χ3v) is 5.38. The highest BCUT2D eigenvalue weighted by atomic mass is 35.5. The van der Waals surface area contributed by atoms with E-state index in [4.69, 9.17) is 23.2 Å². The third-order valence-electron chi connectivity index (χ3n) is 4.37. The highest BCUT2D eigenvalue weighted by Crippen LogP contribution is 2.60. The molecule has 3 rings (SSSR count). The van der Waals surface area contributed by atoms with Crippen molar-refractivity contribution in [2.45, 2.75) is 13.8 Å². The van der Waals surface area contributed by atoms with Crippen LogP contribution in [0.2, 0.25) is 0 Å². The van der Waals surface area contributed by atoms with E-state index in [0.29, 0.717) is 10.8 Å². The number of allylic oxidation sites excluding steroid dienone is 1. The molecule has 1 aromatic carbocycles. The van der Waals surface area contributed by atoms with Crippen LogP contribution in [0.5, 0.6) is 0 Å². The summed E-state index contributed by atoms with van der Waals surface area (Å²) in [4.78, 5) is 16.9. The molecule has 3 nitrogen and oxygen atoms in total. The largest absolute Gasteiger partial charge is 0.302 e. The summed E-state index contributed by atoms with van der Waals surface area (Å²) < 4.78 is 13.2. The van der Waals surface area contributed by atoms with Crippen molar-refractivity contribution in [1.82, 2.24) is 4.98 Å². The Morgan fingerprint density at radius 1 is 1.33 bits per heavy atom. The molecule has 1 aliphatic rings. The van der Waals surface area contributed by atoms with Gasteiger partial charge in [-0.1, -0.05) is 37.0 Å². The van der Waals surface area contributed by atoms with Gasteiger partial charge in [0.25, 0.3) is 0 Å². The Balaban J connectivity index is 1.70. The number of halogens is 3. The number of nitrogens with zero attached hydrogens (tertiary/aromatic N) is 1. The standard InChI is InChI=1S/C17H15Cl2FN2OS/c1-17(2)11(7-13(18)19)14(17)15(23)22-16-21-12(8-24-16)9-3-5-10(20)6-4-9/h3-8,11,14H,1-2H3,(H,21,22,23). The SMILES string of the molecule is CC1(C)C(C=C(Cl)Cl)C1C(=O)Nc1nc(-c2ccc(F)cc2)cs1. The van der Waals surface area contributed by atoms with Crippen LogP contribution in [0, 0.1) is 23.1 Å². The molecule has 2 unspecified atom stereocenters. The van der Waals surface area contributed by atoms with Gasteiger partial charge in [-0.15, -0.1) is 11.3 Å². The summed E-state index contributed by atoms with van der Waals surface area (Å²) in [5, 5.41) is 5.19. The number of carbonyl (C=O) groups is 1. The predicted octanol–water partition coefficient (Wildman–Crippen LogP) is 5.48. The molecule has 7 heteroatoms. The first-order chi connectivity index (χ1) is 11.3. The van der Waals surface area contributed by atoms with Crippen LogP contribution in [0.1, 0.15) is 13.8 Å². The van der Waals surface area contributed by atoms with Crippen molar-refractivity contribution in [3.05, 3.63) is 46.0 Å². The van der Waals surface area contributed by atoms with Crippen LogP contribution >= 0.6 is 34.5 Å². The Hall–Kier alpha value is -1.43. The Morgan fingerprint density at radius 3 is 2.62 bits per heavy atom. The molecule has 1 aliphatic carbocycles. The molecule has 1 heterocycles. The predicted molar refractivity (Wildman–Crippen MR) is 96.7 cm³/mol. The number of carbonyl (C=O) groups excluding carboxylic acids is 1. The van der Waals surface area contributed by atoms with Crippen molar-refractivity contribution < 1.29 is 9.18 Å². The number of hydrogen-bond donors (Lipinski definition) is 1. The molecule has 0 saturated heterocycles. The van der Waals surface area contributed by atoms with E-state index < -0.39 is 0 Å². The van der Waals surface area contributed by atoms with E-state index in [1.807, 2.05) is 19.2 Å². The zero-order valence-corrected chi connectivity index (χ0v) is 15.3. The number of thiazole rings is 1. The summed E-state index contributed by atoms with van der Waals surface area (Å²) >= 11 is 12.8. The number of rotatable bonds is 4. The van der Waals surface area contributed by atoms with Gasteiger partial charge in [-0.25, -0.2) is 9.37 Å². The number of amides is 1. The van der Waals surface area contributed by atoms with Crippen LogP contribution < -0.4 is 5.32 Å². The molecule has 1 saturated carbocycles. The quantitative estimate of drug-likeness (QED) is 0.757. The molecule has 1 amide bonds. The molecular formula is C17H15Cl2FN2OS. The van der Waals surface area contributed by atoms with Crippen LogP contribution in [0.3, 0.4) is 0 Å². The third kappa shape index (κ3) is 3.48. The van der Waals surface area contributed by atoms with Crippen molar-refractivity contribution in [2.24, 2.45) is 17.3 Å². The van der Waals surface area contributed by atoms with E-state index in [2.05, 4.69) is 10.3 Å². The lowest BCUT2D eigenvalue weighted by atomic mass is 10.1. The number of hydrogen-bond acceptors (Lipinski definition) is 3. The van der Waals surface area contributed by atoms with E-state index in [9.17, 15) is 9.18 Å². The van der Waals surface area contributed by atoms with Gasteiger partial charge in [0.05, 0.1) is 11.6 Å². The van der Waals surface area contributed by atoms with Crippen molar-refractivity contribution in [1.29, 1.82) is 0 Å². The summed E-state index contributed by atoms with van der Waals surface area (Å²) in [6.07, 6.45) is 1.71. The highest BCUT2D eigenvalue weighted by Gasteiger charge is 2.60.